The minimum Gasteiger partial charge on any atom is -0.269 e. The first-order chi connectivity index (χ1) is 23.1. The van der Waals surface area contributed by atoms with Gasteiger partial charge in [-0.15, -0.1) is 22.7 Å². The van der Waals surface area contributed by atoms with E-state index in [0.717, 1.165) is 31.9 Å². The zero-order valence-electron chi connectivity index (χ0n) is 25.9. The minimum atomic E-state index is -4.87. The molecule has 0 atom stereocenters. The van der Waals surface area contributed by atoms with E-state index in [0.29, 0.717) is 51.0 Å². The molecule has 6 heterocycles. The van der Waals surface area contributed by atoms with Crippen molar-refractivity contribution in [3.8, 4) is 0 Å². The Kier molecular flexibility index (Phi) is 8.71. The van der Waals surface area contributed by atoms with Gasteiger partial charge in [-0.1, -0.05) is 0 Å². The molecular weight excluding hydrogens is 823 g/mol. The van der Waals surface area contributed by atoms with Crippen molar-refractivity contribution >= 4 is 64.5 Å². The quantitative estimate of drug-likeness (QED) is 0.161. The van der Waals surface area contributed by atoms with Gasteiger partial charge in [0, 0.05) is 33.7 Å². The van der Waals surface area contributed by atoms with Crippen molar-refractivity contribution in [1.29, 1.82) is 0 Å². The van der Waals surface area contributed by atoms with E-state index in [2.05, 4.69) is 52.0 Å². The van der Waals surface area contributed by atoms with Crippen LogP contribution in [-0.2, 0) is 19.3 Å². The van der Waals surface area contributed by atoms with Gasteiger partial charge < -0.3 is 0 Å². The fourth-order valence-electron chi connectivity index (χ4n) is 5.47. The average molecular weight is 849 g/mol. The third kappa shape index (κ3) is 6.42. The highest BCUT2D eigenvalue weighted by atomic mass is 79.9. The summed E-state index contributed by atoms with van der Waals surface area (Å²) in [6.45, 7) is 5.56. The van der Waals surface area contributed by atoms with Gasteiger partial charge >= 0.3 is 6.18 Å². The van der Waals surface area contributed by atoms with Crippen LogP contribution in [0.3, 0.4) is 0 Å². The molecule has 2 fully saturated rings. The predicted octanol–water partition coefficient (Wildman–Crippen LogP) is 7.50. The van der Waals surface area contributed by atoms with E-state index >= 15 is 0 Å². The maximum Gasteiger partial charge on any atom is 0.438 e. The van der Waals surface area contributed by atoms with Gasteiger partial charge in [-0.25, -0.2) is 27.6 Å². The number of aromatic nitrogens is 8. The Morgan fingerprint density at radius 1 is 0.776 bits per heavy atom. The third-order valence-corrected chi connectivity index (χ3v) is 12.6. The molecule has 0 bridgehead atoms. The monoisotopic (exact) mass is 846 g/mol. The molecule has 0 aromatic carbocycles. The van der Waals surface area contributed by atoms with Crippen molar-refractivity contribution in [1.82, 2.24) is 38.3 Å². The van der Waals surface area contributed by atoms with E-state index in [4.69, 9.17) is 0 Å². The molecular formula is C30H25Br2F5N8O2S2. The van der Waals surface area contributed by atoms with Crippen LogP contribution in [0.15, 0.2) is 30.9 Å². The Bertz CT molecular complexity index is 2400. The van der Waals surface area contributed by atoms with Gasteiger partial charge in [-0.05, 0) is 78.3 Å². The van der Waals surface area contributed by atoms with Crippen LogP contribution in [0.25, 0.3) is 9.92 Å². The van der Waals surface area contributed by atoms with Crippen molar-refractivity contribution in [2.24, 2.45) is 0 Å². The van der Waals surface area contributed by atoms with E-state index in [1.165, 1.54) is 43.6 Å². The number of aryl methyl sites for hydroxylation is 2. The number of hydrogen-bond donors (Lipinski definition) is 0. The van der Waals surface area contributed by atoms with Gasteiger partial charge in [0.1, 0.15) is 14.9 Å². The largest absolute Gasteiger partial charge is 0.438 e. The molecule has 8 rings (SSSR count). The zero-order valence-corrected chi connectivity index (χ0v) is 30.7. The first-order valence-corrected chi connectivity index (χ1v) is 18.3. The lowest BCUT2D eigenvalue weighted by atomic mass is 10.2. The number of rotatable bonds is 6. The minimum absolute atomic E-state index is 0.0668. The first kappa shape index (κ1) is 34.2. The molecule has 0 N–H and O–H groups in total. The second-order valence-corrected chi connectivity index (χ2v) is 15.9. The highest BCUT2D eigenvalue weighted by Gasteiger charge is 2.43. The molecule has 6 aromatic heterocycles. The number of fused-ring (bicyclic) bond motifs is 2. The van der Waals surface area contributed by atoms with Gasteiger partial charge in [0.2, 0.25) is 5.69 Å². The smallest absolute Gasteiger partial charge is 0.269 e. The Hall–Kier alpha value is -3.29. The topological polar surface area (TPSA) is 104 Å². The second kappa shape index (κ2) is 12.5. The summed E-state index contributed by atoms with van der Waals surface area (Å²) in [5.41, 5.74) is -0.215. The molecule has 0 unspecified atom stereocenters. The number of alkyl halides is 3. The molecule has 0 aliphatic heterocycles. The highest BCUT2D eigenvalue weighted by molar-refractivity contribution is 9.10. The normalized spacial score (nSPS) is 15.0. The summed E-state index contributed by atoms with van der Waals surface area (Å²) in [5.74, 6) is -1.57. The number of nitrogens with zero attached hydrogens (tertiary/aromatic N) is 8. The summed E-state index contributed by atoms with van der Waals surface area (Å²) in [6.07, 6.45) is -1.63. The maximum absolute atomic E-state index is 14.3. The summed E-state index contributed by atoms with van der Waals surface area (Å²) in [4.78, 5) is 36.3. The van der Waals surface area contributed by atoms with Crippen LogP contribution < -0.4 is 11.1 Å². The average Bonchev–Trinajstić information content (AvgIpc) is 3.93. The van der Waals surface area contributed by atoms with E-state index in [1.54, 1.807) is 11.6 Å². The van der Waals surface area contributed by atoms with Crippen LogP contribution in [0.4, 0.5) is 22.0 Å². The third-order valence-electron chi connectivity index (χ3n) is 8.25. The van der Waals surface area contributed by atoms with Crippen molar-refractivity contribution in [3.05, 3.63) is 97.6 Å². The molecule has 49 heavy (non-hydrogen) atoms. The summed E-state index contributed by atoms with van der Waals surface area (Å²) in [7, 11) is 0. The van der Waals surface area contributed by atoms with E-state index in [9.17, 15) is 31.5 Å². The Balaban J connectivity index is 0.000000155. The Morgan fingerprint density at radius 3 is 1.73 bits per heavy atom. The van der Waals surface area contributed by atoms with Crippen LogP contribution >= 0.6 is 54.5 Å². The number of thiazole rings is 2. The van der Waals surface area contributed by atoms with Crippen LogP contribution in [0.2, 0.25) is 0 Å². The van der Waals surface area contributed by atoms with Crippen molar-refractivity contribution in [2.75, 3.05) is 0 Å². The van der Waals surface area contributed by atoms with E-state index < -0.39 is 17.7 Å². The van der Waals surface area contributed by atoms with E-state index in [1.807, 2.05) is 13.8 Å². The molecule has 258 valence electrons. The standard InChI is InChI=1S/C15H11BrF4N4OS.C15H14BrFN4OS/c1-6-13(16)24-9(25)4-8(21-14(24)26-6)5-23-11(7-2-3-7)10(17)12(22-23)15(18,19)20;1-7-12(17)13(9-3-4-9)19-20(7)6-10-5-11(22)21-14(16)8(2)23-15(21)18-10/h4,7H,2-3,5H2,1H3;5,9H,3-4,6H2,1-2H3. The van der Waals surface area contributed by atoms with Gasteiger partial charge in [0.15, 0.2) is 21.6 Å². The molecule has 0 amide bonds. The predicted molar refractivity (Wildman–Crippen MR) is 180 cm³/mol. The summed E-state index contributed by atoms with van der Waals surface area (Å²) < 4.78 is 74.3. The Morgan fingerprint density at radius 2 is 1.27 bits per heavy atom. The summed E-state index contributed by atoms with van der Waals surface area (Å²) in [6, 6.07) is 2.72. The van der Waals surface area contributed by atoms with Crippen molar-refractivity contribution in [2.45, 2.75) is 77.6 Å². The van der Waals surface area contributed by atoms with Gasteiger partial charge in [0.05, 0.1) is 35.9 Å². The molecule has 19 heteroatoms. The first-order valence-electron chi connectivity index (χ1n) is 15.0. The maximum atomic E-state index is 14.3. The molecule has 2 aliphatic carbocycles. The molecule has 2 aliphatic rings. The SMILES string of the molecule is Cc1sc2nc(Cn3nc(C(F)(F)F)c(F)c3C3CC3)cc(=O)n2c1Br.Cc1sc2nc(Cn3nc(C4CC4)c(F)c3C)cc(=O)n2c1Br. The van der Waals surface area contributed by atoms with Crippen LogP contribution in [0, 0.1) is 32.4 Å². The number of hydrogen-bond acceptors (Lipinski definition) is 8. The van der Waals surface area contributed by atoms with E-state index in [-0.39, 0.29) is 46.7 Å². The molecule has 0 spiro atoms. The van der Waals surface area contributed by atoms with Gasteiger partial charge in [0.25, 0.3) is 11.1 Å². The Labute approximate surface area is 298 Å². The lowest BCUT2D eigenvalue weighted by molar-refractivity contribution is -0.143. The molecule has 6 aromatic rings. The zero-order chi connectivity index (χ0) is 35.1. The lowest BCUT2D eigenvalue weighted by Crippen LogP contribution is -2.17. The molecule has 2 saturated carbocycles. The van der Waals surface area contributed by atoms with Gasteiger partial charge in [-0.2, -0.15) is 23.4 Å². The fourth-order valence-corrected chi connectivity index (χ4v) is 8.65. The van der Waals surface area contributed by atoms with Crippen LogP contribution in [0.5, 0.6) is 0 Å². The van der Waals surface area contributed by atoms with Crippen molar-refractivity contribution < 1.29 is 22.0 Å². The number of halogens is 7. The molecule has 10 nitrogen and oxygen atoms in total. The van der Waals surface area contributed by atoms with Gasteiger partial charge in [-0.3, -0.25) is 19.0 Å². The molecule has 0 saturated heterocycles. The van der Waals surface area contributed by atoms with Crippen molar-refractivity contribution in [3.63, 3.8) is 0 Å². The highest BCUT2D eigenvalue weighted by Crippen LogP contribution is 2.44. The second-order valence-electron chi connectivity index (χ2n) is 12.0. The van der Waals surface area contributed by atoms with Crippen LogP contribution in [-0.4, -0.2) is 38.3 Å². The summed E-state index contributed by atoms with van der Waals surface area (Å²) in [5, 5.41) is 7.82. The lowest BCUT2D eigenvalue weighted by Gasteiger charge is -2.06. The summed E-state index contributed by atoms with van der Waals surface area (Å²) >= 11 is 9.44. The fraction of sp³-hybridized carbons (Fsp3) is 0.400. The van der Waals surface area contributed by atoms with Crippen LogP contribution in [0.1, 0.15) is 81.4 Å². The molecule has 0 radical (unpaired) electrons.